The molecule has 1 heterocycles. The average Bonchev–Trinajstić information content (AvgIpc) is 2.63. The Kier molecular flexibility index (Phi) is 4.84. The zero-order chi connectivity index (χ0) is 17.0. The van der Waals surface area contributed by atoms with Gasteiger partial charge in [0.25, 0.3) is 0 Å². The second-order valence-electron chi connectivity index (χ2n) is 6.55. The number of anilines is 1. The summed E-state index contributed by atoms with van der Waals surface area (Å²) >= 11 is 0. The molecule has 1 aromatic heterocycles. The van der Waals surface area contributed by atoms with Crippen LogP contribution in [0.15, 0.2) is 42.6 Å². The summed E-state index contributed by atoms with van der Waals surface area (Å²) in [6.45, 7) is 2.07. The molecule has 1 aliphatic carbocycles. The van der Waals surface area contributed by atoms with Gasteiger partial charge in [-0.25, -0.2) is 4.98 Å². The SMILES string of the molecule is COc1ccc(NC(=O)C2(c3ccc(C)cc3)CCCCC2)cn1. The largest absolute Gasteiger partial charge is 0.481 e. The third-order valence-electron chi connectivity index (χ3n) is 4.95. The minimum Gasteiger partial charge on any atom is -0.481 e. The first-order chi connectivity index (χ1) is 11.6. The zero-order valence-corrected chi connectivity index (χ0v) is 14.3. The maximum Gasteiger partial charge on any atom is 0.235 e. The van der Waals surface area contributed by atoms with Crippen molar-refractivity contribution >= 4 is 11.6 Å². The van der Waals surface area contributed by atoms with Crippen LogP contribution in [0.5, 0.6) is 5.88 Å². The number of carbonyl (C=O) groups excluding carboxylic acids is 1. The van der Waals surface area contributed by atoms with Gasteiger partial charge >= 0.3 is 0 Å². The van der Waals surface area contributed by atoms with Crippen LogP contribution in [0.2, 0.25) is 0 Å². The molecule has 0 atom stereocenters. The Bertz CT molecular complexity index is 687. The highest BCUT2D eigenvalue weighted by Crippen LogP contribution is 2.40. The standard InChI is InChI=1S/C20H24N2O2/c1-15-6-8-16(9-7-15)20(12-4-3-5-13-20)19(23)22-17-10-11-18(24-2)21-14-17/h6-11,14H,3-5,12-13H2,1-2H3,(H,22,23). The highest BCUT2D eigenvalue weighted by Gasteiger charge is 2.41. The van der Waals surface area contributed by atoms with Gasteiger partial charge in [-0.3, -0.25) is 4.79 Å². The predicted molar refractivity (Wildman–Crippen MR) is 95.4 cm³/mol. The average molecular weight is 324 g/mol. The summed E-state index contributed by atoms with van der Waals surface area (Å²) in [5.41, 5.74) is 2.60. The number of carbonyl (C=O) groups is 1. The third kappa shape index (κ3) is 3.28. The van der Waals surface area contributed by atoms with Gasteiger partial charge in [-0.1, -0.05) is 49.1 Å². The van der Waals surface area contributed by atoms with E-state index in [-0.39, 0.29) is 5.91 Å². The zero-order valence-electron chi connectivity index (χ0n) is 14.3. The Morgan fingerprint density at radius 3 is 2.38 bits per heavy atom. The Balaban J connectivity index is 1.87. The molecule has 0 spiro atoms. The molecule has 0 bridgehead atoms. The Hall–Kier alpha value is -2.36. The number of amides is 1. The number of aryl methyl sites for hydroxylation is 1. The van der Waals surface area contributed by atoms with Crippen LogP contribution >= 0.6 is 0 Å². The first-order valence-corrected chi connectivity index (χ1v) is 8.53. The van der Waals surface area contributed by atoms with Crippen LogP contribution in [0.1, 0.15) is 43.2 Å². The molecule has 1 amide bonds. The number of ether oxygens (including phenoxy) is 1. The van der Waals surface area contributed by atoms with E-state index in [4.69, 9.17) is 4.74 Å². The Morgan fingerprint density at radius 2 is 1.79 bits per heavy atom. The molecule has 0 radical (unpaired) electrons. The van der Waals surface area contributed by atoms with Crippen molar-refractivity contribution in [2.24, 2.45) is 0 Å². The van der Waals surface area contributed by atoms with Crippen LogP contribution in [0.25, 0.3) is 0 Å². The number of aromatic nitrogens is 1. The molecule has 1 saturated carbocycles. The van der Waals surface area contributed by atoms with E-state index >= 15 is 0 Å². The van der Waals surface area contributed by atoms with Gasteiger partial charge in [0.1, 0.15) is 0 Å². The van der Waals surface area contributed by atoms with Gasteiger partial charge in [0.2, 0.25) is 11.8 Å². The summed E-state index contributed by atoms with van der Waals surface area (Å²) < 4.78 is 5.07. The van der Waals surface area contributed by atoms with Crippen molar-refractivity contribution in [2.75, 3.05) is 12.4 Å². The fourth-order valence-electron chi connectivity index (χ4n) is 3.50. The molecule has 0 unspecified atom stereocenters. The molecule has 1 fully saturated rings. The quantitative estimate of drug-likeness (QED) is 0.915. The smallest absolute Gasteiger partial charge is 0.235 e. The summed E-state index contributed by atoms with van der Waals surface area (Å²) in [6, 6.07) is 12.0. The Labute approximate surface area is 143 Å². The summed E-state index contributed by atoms with van der Waals surface area (Å²) in [5, 5.41) is 3.06. The van der Waals surface area contributed by atoms with E-state index < -0.39 is 5.41 Å². The van der Waals surface area contributed by atoms with Gasteiger partial charge < -0.3 is 10.1 Å². The summed E-state index contributed by atoms with van der Waals surface area (Å²) in [7, 11) is 1.58. The molecule has 4 nitrogen and oxygen atoms in total. The van der Waals surface area contributed by atoms with E-state index in [1.165, 1.54) is 12.0 Å². The van der Waals surface area contributed by atoms with E-state index in [0.29, 0.717) is 11.6 Å². The van der Waals surface area contributed by atoms with Crippen LogP contribution in [-0.2, 0) is 10.2 Å². The minimum atomic E-state index is -0.439. The summed E-state index contributed by atoms with van der Waals surface area (Å²) in [5.74, 6) is 0.608. The van der Waals surface area contributed by atoms with Gasteiger partial charge in [-0.2, -0.15) is 0 Å². The monoisotopic (exact) mass is 324 g/mol. The lowest BCUT2D eigenvalue weighted by Gasteiger charge is -2.36. The minimum absolute atomic E-state index is 0.0676. The molecule has 24 heavy (non-hydrogen) atoms. The normalized spacial score (nSPS) is 16.4. The lowest BCUT2D eigenvalue weighted by atomic mass is 9.68. The number of nitrogens with one attached hydrogen (secondary N) is 1. The molecule has 2 aromatic rings. The maximum atomic E-state index is 13.2. The van der Waals surface area contributed by atoms with Crippen molar-refractivity contribution in [3.8, 4) is 5.88 Å². The number of hydrogen-bond acceptors (Lipinski definition) is 3. The molecule has 0 saturated heterocycles. The van der Waals surface area contributed by atoms with E-state index in [1.54, 1.807) is 19.4 Å². The number of methoxy groups -OCH3 is 1. The van der Waals surface area contributed by atoms with Gasteiger partial charge in [0, 0.05) is 6.07 Å². The van der Waals surface area contributed by atoms with Crippen LogP contribution < -0.4 is 10.1 Å². The highest BCUT2D eigenvalue weighted by atomic mass is 16.5. The van der Waals surface area contributed by atoms with Crippen LogP contribution in [0.3, 0.4) is 0 Å². The van der Waals surface area contributed by atoms with Gasteiger partial charge in [0.15, 0.2) is 0 Å². The predicted octanol–water partition coefficient (Wildman–Crippen LogP) is 4.24. The van der Waals surface area contributed by atoms with Gasteiger partial charge in [-0.05, 0) is 31.4 Å². The molecule has 4 heteroatoms. The molecule has 1 aliphatic rings. The molecular weight excluding hydrogens is 300 g/mol. The molecule has 0 aliphatic heterocycles. The fourth-order valence-corrected chi connectivity index (χ4v) is 3.50. The number of benzene rings is 1. The van der Waals surface area contributed by atoms with Crippen molar-refractivity contribution in [1.29, 1.82) is 0 Å². The van der Waals surface area contributed by atoms with Crippen molar-refractivity contribution < 1.29 is 9.53 Å². The Morgan fingerprint density at radius 1 is 1.08 bits per heavy atom. The topological polar surface area (TPSA) is 51.2 Å². The van der Waals surface area contributed by atoms with Crippen LogP contribution in [-0.4, -0.2) is 18.0 Å². The van der Waals surface area contributed by atoms with Crippen molar-refractivity contribution in [3.05, 3.63) is 53.7 Å². The van der Waals surface area contributed by atoms with E-state index in [0.717, 1.165) is 31.2 Å². The maximum absolute atomic E-state index is 13.2. The summed E-state index contributed by atoms with van der Waals surface area (Å²) in [4.78, 5) is 17.3. The summed E-state index contributed by atoms with van der Waals surface area (Å²) in [6.07, 6.45) is 6.80. The second-order valence-corrected chi connectivity index (χ2v) is 6.55. The van der Waals surface area contributed by atoms with Crippen molar-refractivity contribution in [1.82, 2.24) is 4.98 Å². The molecule has 3 rings (SSSR count). The third-order valence-corrected chi connectivity index (χ3v) is 4.95. The van der Waals surface area contributed by atoms with Crippen molar-refractivity contribution in [2.45, 2.75) is 44.4 Å². The first-order valence-electron chi connectivity index (χ1n) is 8.53. The second kappa shape index (κ2) is 7.04. The molecule has 1 aromatic carbocycles. The van der Waals surface area contributed by atoms with Gasteiger partial charge in [-0.15, -0.1) is 0 Å². The number of rotatable bonds is 4. The van der Waals surface area contributed by atoms with E-state index in [2.05, 4.69) is 41.5 Å². The molecule has 126 valence electrons. The molecular formula is C20H24N2O2. The number of nitrogens with zero attached hydrogens (tertiary/aromatic N) is 1. The van der Waals surface area contributed by atoms with Crippen LogP contribution in [0.4, 0.5) is 5.69 Å². The van der Waals surface area contributed by atoms with Gasteiger partial charge in [0.05, 0.1) is 24.4 Å². The van der Waals surface area contributed by atoms with Crippen LogP contribution in [0, 0.1) is 6.92 Å². The highest BCUT2D eigenvalue weighted by molar-refractivity contribution is 5.99. The lowest BCUT2D eigenvalue weighted by Crippen LogP contribution is -2.42. The fraction of sp³-hybridized carbons (Fsp3) is 0.400. The number of pyridine rings is 1. The first kappa shape index (κ1) is 16.5. The molecule has 1 N–H and O–H groups in total. The van der Waals surface area contributed by atoms with E-state index in [1.807, 2.05) is 6.07 Å². The van der Waals surface area contributed by atoms with Crippen molar-refractivity contribution in [3.63, 3.8) is 0 Å². The van der Waals surface area contributed by atoms with E-state index in [9.17, 15) is 4.79 Å². The number of hydrogen-bond donors (Lipinski definition) is 1. The lowest BCUT2D eigenvalue weighted by molar-refractivity contribution is -0.122.